The number of halogens is 1. The molecule has 0 radical (unpaired) electrons. The van der Waals surface area contributed by atoms with E-state index in [0.717, 1.165) is 23.6 Å². The lowest BCUT2D eigenvalue weighted by atomic mass is 10.2. The Kier molecular flexibility index (Phi) is 6.09. The topological polar surface area (TPSA) is 42.1 Å². The average Bonchev–Trinajstić information content (AvgIpc) is 2.35. The molecule has 5 heteroatoms. The Morgan fingerprint density at radius 3 is 2.82 bits per heavy atom. The maximum absolute atomic E-state index is 6.01. The monoisotopic (exact) mass is 273 g/mol. The highest BCUT2D eigenvalue weighted by atomic mass is 35.5. The summed E-state index contributed by atoms with van der Waals surface area (Å²) in [6, 6.07) is 2.47. The molecule has 0 aliphatic rings. The number of nitrogens with two attached hydrogens (primary N) is 1. The van der Waals surface area contributed by atoms with Crippen molar-refractivity contribution in [2.24, 2.45) is 5.73 Å². The molecule has 17 heavy (non-hydrogen) atoms. The molecule has 1 aromatic heterocycles. The van der Waals surface area contributed by atoms with Crippen LogP contribution in [0.4, 0.5) is 5.82 Å². The van der Waals surface area contributed by atoms with Crippen molar-refractivity contribution >= 4 is 29.2 Å². The van der Waals surface area contributed by atoms with E-state index in [4.69, 9.17) is 17.3 Å². The molecule has 1 atom stereocenters. The Morgan fingerprint density at radius 2 is 2.29 bits per heavy atom. The summed E-state index contributed by atoms with van der Waals surface area (Å²) in [5.74, 6) is 2.03. The normalized spacial score (nSPS) is 12.5. The first kappa shape index (κ1) is 14.6. The lowest BCUT2D eigenvalue weighted by Crippen LogP contribution is -2.33. The van der Waals surface area contributed by atoms with E-state index >= 15 is 0 Å². The van der Waals surface area contributed by atoms with Crippen LogP contribution in [0.15, 0.2) is 12.3 Å². The van der Waals surface area contributed by atoms with Crippen LogP contribution in [0, 0.1) is 0 Å². The Morgan fingerprint density at radius 1 is 1.59 bits per heavy atom. The van der Waals surface area contributed by atoms with Crippen LogP contribution in [0.3, 0.4) is 0 Å². The summed E-state index contributed by atoms with van der Waals surface area (Å²) in [6.07, 6.45) is 4.90. The minimum Gasteiger partial charge on any atom is -0.356 e. The van der Waals surface area contributed by atoms with Crippen molar-refractivity contribution in [1.82, 2.24) is 4.98 Å². The van der Waals surface area contributed by atoms with Gasteiger partial charge >= 0.3 is 0 Å². The molecule has 1 rings (SSSR count). The van der Waals surface area contributed by atoms with E-state index in [0.29, 0.717) is 17.6 Å². The summed E-state index contributed by atoms with van der Waals surface area (Å²) in [6.45, 7) is 2.64. The molecule has 1 aromatic rings. The second kappa shape index (κ2) is 7.09. The smallest absolute Gasteiger partial charge is 0.128 e. The molecule has 0 aromatic carbocycles. The maximum atomic E-state index is 6.01. The molecule has 0 saturated heterocycles. The van der Waals surface area contributed by atoms with Crippen LogP contribution in [0.25, 0.3) is 0 Å². The molecule has 0 spiro atoms. The van der Waals surface area contributed by atoms with Gasteiger partial charge in [-0.1, -0.05) is 18.5 Å². The molecule has 3 nitrogen and oxygen atoms in total. The van der Waals surface area contributed by atoms with E-state index in [1.165, 1.54) is 0 Å². The molecule has 0 saturated carbocycles. The zero-order valence-electron chi connectivity index (χ0n) is 10.6. The van der Waals surface area contributed by atoms with Gasteiger partial charge < -0.3 is 10.6 Å². The van der Waals surface area contributed by atoms with Crippen LogP contribution in [-0.2, 0) is 6.54 Å². The Hall–Kier alpha value is -0.450. The number of anilines is 1. The van der Waals surface area contributed by atoms with Gasteiger partial charge in [-0.2, -0.15) is 11.8 Å². The molecule has 1 unspecified atom stereocenters. The summed E-state index contributed by atoms with van der Waals surface area (Å²) in [5.41, 5.74) is 6.60. The maximum Gasteiger partial charge on any atom is 0.128 e. The molecular formula is C12H20ClN3S. The van der Waals surface area contributed by atoms with Gasteiger partial charge in [0.05, 0.1) is 5.02 Å². The van der Waals surface area contributed by atoms with Gasteiger partial charge in [-0.15, -0.1) is 0 Å². The number of hydrogen-bond donors (Lipinski definition) is 1. The SMILES string of the molecule is CCC(CSC)N(C)c1cc(CN)c(Cl)cn1. The molecule has 1 heterocycles. The molecule has 2 N–H and O–H groups in total. The summed E-state index contributed by atoms with van der Waals surface area (Å²) in [5, 5.41) is 0.641. The third-order valence-electron chi connectivity index (χ3n) is 2.88. The average molecular weight is 274 g/mol. The van der Waals surface area contributed by atoms with Crippen LogP contribution >= 0.6 is 23.4 Å². The van der Waals surface area contributed by atoms with Gasteiger partial charge in [-0.05, 0) is 24.3 Å². The van der Waals surface area contributed by atoms with Crippen LogP contribution in [0.2, 0.25) is 5.02 Å². The highest BCUT2D eigenvalue weighted by Crippen LogP contribution is 2.22. The van der Waals surface area contributed by atoms with E-state index in [2.05, 4.69) is 30.1 Å². The van der Waals surface area contributed by atoms with E-state index in [1.807, 2.05) is 17.8 Å². The number of nitrogens with zero attached hydrogens (tertiary/aromatic N) is 2. The molecule has 0 fully saturated rings. The minimum atomic E-state index is 0.446. The Labute approximate surface area is 113 Å². The zero-order chi connectivity index (χ0) is 12.8. The van der Waals surface area contributed by atoms with Gasteiger partial charge in [0.15, 0.2) is 0 Å². The number of hydrogen-bond acceptors (Lipinski definition) is 4. The van der Waals surface area contributed by atoms with E-state index in [9.17, 15) is 0 Å². The number of aromatic nitrogens is 1. The van der Waals surface area contributed by atoms with E-state index in [-0.39, 0.29) is 0 Å². The van der Waals surface area contributed by atoms with Gasteiger partial charge in [0.2, 0.25) is 0 Å². The zero-order valence-corrected chi connectivity index (χ0v) is 12.2. The fourth-order valence-electron chi connectivity index (χ4n) is 1.70. The van der Waals surface area contributed by atoms with Gasteiger partial charge in [-0.25, -0.2) is 4.98 Å². The van der Waals surface area contributed by atoms with Gasteiger partial charge in [0, 0.05) is 31.6 Å². The number of thioether (sulfide) groups is 1. The molecule has 0 aliphatic heterocycles. The summed E-state index contributed by atoms with van der Waals surface area (Å²) >= 11 is 7.86. The second-order valence-corrected chi connectivity index (χ2v) is 5.28. The quantitative estimate of drug-likeness (QED) is 0.865. The predicted octanol–water partition coefficient (Wildman–Crippen LogP) is 2.77. The Balaban J connectivity index is 2.90. The fourth-order valence-corrected chi connectivity index (χ4v) is 2.72. The summed E-state index contributed by atoms with van der Waals surface area (Å²) in [4.78, 5) is 6.57. The molecule has 96 valence electrons. The molecular weight excluding hydrogens is 254 g/mol. The van der Waals surface area contributed by atoms with Crippen LogP contribution in [0.5, 0.6) is 0 Å². The predicted molar refractivity (Wildman–Crippen MR) is 78.0 cm³/mol. The Bertz CT molecular complexity index is 360. The van der Waals surface area contributed by atoms with Crippen molar-refractivity contribution in [3.05, 3.63) is 22.8 Å². The summed E-state index contributed by atoms with van der Waals surface area (Å²) in [7, 11) is 2.07. The van der Waals surface area contributed by atoms with Crippen molar-refractivity contribution < 1.29 is 0 Å². The third-order valence-corrected chi connectivity index (χ3v) is 3.94. The van der Waals surface area contributed by atoms with Crippen molar-refractivity contribution in [3.8, 4) is 0 Å². The minimum absolute atomic E-state index is 0.446. The van der Waals surface area contributed by atoms with E-state index < -0.39 is 0 Å². The third kappa shape index (κ3) is 3.76. The second-order valence-electron chi connectivity index (χ2n) is 3.97. The first-order chi connectivity index (χ1) is 8.13. The van der Waals surface area contributed by atoms with Crippen LogP contribution in [0.1, 0.15) is 18.9 Å². The highest BCUT2D eigenvalue weighted by Gasteiger charge is 2.14. The van der Waals surface area contributed by atoms with Crippen LogP contribution < -0.4 is 10.6 Å². The number of rotatable bonds is 6. The molecule has 0 aliphatic carbocycles. The van der Waals surface area contributed by atoms with Gasteiger partial charge in [0.1, 0.15) is 5.82 Å². The van der Waals surface area contributed by atoms with Gasteiger partial charge in [0.25, 0.3) is 0 Å². The van der Waals surface area contributed by atoms with Crippen molar-refractivity contribution in [1.29, 1.82) is 0 Å². The van der Waals surface area contributed by atoms with Crippen LogP contribution in [-0.4, -0.2) is 30.1 Å². The fraction of sp³-hybridized carbons (Fsp3) is 0.583. The van der Waals surface area contributed by atoms with Gasteiger partial charge in [-0.3, -0.25) is 0 Å². The highest BCUT2D eigenvalue weighted by molar-refractivity contribution is 7.98. The lowest BCUT2D eigenvalue weighted by molar-refractivity contribution is 0.665. The first-order valence-electron chi connectivity index (χ1n) is 5.70. The largest absolute Gasteiger partial charge is 0.356 e. The standard InChI is InChI=1S/C12H20ClN3S/c1-4-10(8-17-3)16(2)12-5-9(6-14)11(13)7-15-12/h5,7,10H,4,6,8,14H2,1-3H3. The van der Waals surface area contributed by atoms with Crippen molar-refractivity contribution in [3.63, 3.8) is 0 Å². The van der Waals surface area contributed by atoms with Crippen molar-refractivity contribution in [2.75, 3.05) is 24.0 Å². The molecule has 0 amide bonds. The van der Waals surface area contributed by atoms with Crippen molar-refractivity contribution in [2.45, 2.75) is 25.9 Å². The summed E-state index contributed by atoms with van der Waals surface area (Å²) < 4.78 is 0. The lowest BCUT2D eigenvalue weighted by Gasteiger charge is -2.28. The first-order valence-corrected chi connectivity index (χ1v) is 7.47. The molecule has 0 bridgehead atoms. The van der Waals surface area contributed by atoms with E-state index in [1.54, 1.807) is 6.20 Å². The number of pyridine rings is 1.